The number of aryl methyl sites for hydroxylation is 1. The zero-order valence-electron chi connectivity index (χ0n) is 19.9. The van der Waals surface area contributed by atoms with E-state index in [1.165, 1.54) is 0 Å². The molecule has 3 heterocycles. The van der Waals surface area contributed by atoms with Gasteiger partial charge in [-0.05, 0) is 49.9 Å². The van der Waals surface area contributed by atoms with Crippen molar-refractivity contribution in [2.45, 2.75) is 55.9 Å². The second kappa shape index (κ2) is 8.71. The normalized spacial score (nSPS) is 26.9. The number of aromatic nitrogens is 2. The van der Waals surface area contributed by atoms with Crippen molar-refractivity contribution >= 4 is 32.4 Å². The second-order valence-electron chi connectivity index (χ2n) is 9.99. The summed E-state index contributed by atoms with van der Waals surface area (Å²) in [5, 5.41) is 0.916. The first-order valence-corrected chi connectivity index (χ1v) is 14.1. The highest BCUT2D eigenvalue weighted by molar-refractivity contribution is 7.93. The highest BCUT2D eigenvalue weighted by Gasteiger charge is 2.31. The Kier molecular flexibility index (Phi) is 5.64. The molecule has 1 saturated carbocycles. The molecule has 1 aliphatic carbocycles. The Morgan fingerprint density at radius 3 is 2.71 bits per heavy atom. The van der Waals surface area contributed by atoms with Gasteiger partial charge in [0.05, 0.1) is 38.5 Å². The molecule has 1 aromatic heterocycles. The minimum atomic E-state index is -2.50. The van der Waals surface area contributed by atoms with Gasteiger partial charge in [0.1, 0.15) is 12.0 Å². The van der Waals surface area contributed by atoms with Crippen LogP contribution in [0, 0.1) is 6.92 Å². The molecule has 6 rings (SSSR count). The molecule has 3 atom stereocenters. The maximum atomic E-state index is 14.6. The Bertz CT molecular complexity index is 1400. The molecule has 1 saturated heterocycles. The standard InChI is InChI=1S/C26H31FN6OS/c1-17-6-9-23-20(14-17)25(32-11-10-22(28)21(27)16-32)30-26(29-23)33-12-13-35(34,31-19-7-8-19)24-5-3-2-4-18(24)15-33/h2-6,9,14,19,21-22H,7-8,10-13,15-16,28H2,1H3/t21-,22-,35?/m1/s1. The molecule has 0 amide bonds. The Morgan fingerprint density at radius 2 is 1.91 bits per heavy atom. The van der Waals surface area contributed by atoms with E-state index in [4.69, 9.17) is 20.1 Å². The summed E-state index contributed by atoms with van der Waals surface area (Å²) in [7, 11) is -2.50. The Hall–Kier alpha value is -2.78. The summed E-state index contributed by atoms with van der Waals surface area (Å²) < 4.78 is 33.4. The summed E-state index contributed by atoms with van der Waals surface area (Å²) in [6, 6.07) is 13.8. The lowest BCUT2D eigenvalue weighted by molar-refractivity contribution is 0.251. The summed E-state index contributed by atoms with van der Waals surface area (Å²) in [6.45, 7) is 4.00. The quantitative estimate of drug-likeness (QED) is 0.596. The van der Waals surface area contributed by atoms with Gasteiger partial charge < -0.3 is 15.5 Å². The number of fused-ring (bicyclic) bond motifs is 2. The largest absolute Gasteiger partial charge is 0.353 e. The van der Waals surface area contributed by atoms with E-state index >= 15 is 0 Å². The molecule has 0 bridgehead atoms. The van der Waals surface area contributed by atoms with E-state index in [1.54, 1.807) is 0 Å². The number of nitrogens with two attached hydrogens (primary N) is 1. The molecule has 7 nitrogen and oxygen atoms in total. The zero-order chi connectivity index (χ0) is 24.2. The number of hydrogen-bond acceptors (Lipinski definition) is 7. The summed E-state index contributed by atoms with van der Waals surface area (Å²) in [6.07, 6.45) is 1.53. The van der Waals surface area contributed by atoms with Crippen molar-refractivity contribution in [3.8, 4) is 0 Å². The fourth-order valence-electron chi connectivity index (χ4n) is 4.99. The lowest BCUT2D eigenvalue weighted by Crippen LogP contribution is -2.49. The Morgan fingerprint density at radius 1 is 1.09 bits per heavy atom. The van der Waals surface area contributed by atoms with Gasteiger partial charge in [0, 0.05) is 31.1 Å². The number of rotatable bonds is 3. The van der Waals surface area contributed by atoms with Gasteiger partial charge >= 0.3 is 0 Å². The molecule has 2 aliphatic heterocycles. The van der Waals surface area contributed by atoms with Gasteiger partial charge in [0.2, 0.25) is 5.95 Å². The van der Waals surface area contributed by atoms with Crippen LogP contribution in [0.3, 0.4) is 0 Å². The van der Waals surface area contributed by atoms with Crippen molar-refractivity contribution in [3.05, 3.63) is 53.6 Å². The number of alkyl halides is 1. The molecule has 3 aliphatic rings. The lowest BCUT2D eigenvalue weighted by Gasteiger charge is -2.34. The first kappa shape index (κ1) is 22.7. The van der Waals surface area contributed by atoms with Crippen LogP contribution in [-0.4, -0.2) is 57.8 Å². The third kappa shape index (κ3) is 4.36. The van der Waals surface area contributed by atoms with Crippen molar-refractivity contribution in [2.75, 3.05) is 35.2 Å². The van der Waals surface area contributed by atoms with Gasteiger partial charge in [-0.2, -0.15) is 4.98 Å². The minimum Gasteiger partial charge on any atom is -0.353 e. The molecule has 184 valence electrons. The Balaban J connectivity index is 1.43. The van der Waals surface area contributed by atoms with E-state index in [2.05, 4.69) is 11.0 Å². The highest BCUT2D eigenvalue weighted by Crippen LogP contribution is 2.34. The minimum absolute atomic E-state index is 0.216. The van der Waals surface area contributed by atoms with Gasteiger partial charge in [-0.15, -0.1) is 0 Å². The molecular weight excluding hydrogens is 463 g/mol. The molecule has 2 fully saturated rings. The van der Waals surface area contributed by atoms with E-state index in [9.17, 15) is 8.60 Å². The van der Waals surface area contributed by atoms with E-state index in [1.807, 2.05) is 48.2 Å². The van der Waals surface area contributed by atoms with Crippen molar-refractivity contribution in [1.29, 1.82) is 0 Å². The average Bonchev–Trinajstić information content (AvgIpc) is 3.68. The number of piperidine rings is 1. The smallest absolute Gasteiger partial charge is 0.228 e. The molecule has 3 aromatic rings. The van der Waals surface area contributed by atoms with Crippen LogP contribution in [0.25, 0.3) is 10.9 Å². The van der Waals surface area contributed by atoms with Crippen LogP contribution in [0.2, 0.25) is 0 Å². The van der Waals surface area contributed by atoms with Crippen molar-refractivity contribution in [3.63, 3.8) is 0 Å². The molecular formula is C26H31FN6OS. The third-order valence-corrected chi connectivity index (χ3v) is 9.64. The summed E-state index contributed by atoms with van der Waals surface area (Å²) >= 11 is 0. The van der Waals surface area contributed by atoms with Crippen molar-refractivity contribution in [1.82, 2.24) is 9.97 Å². The monoisotopic (exact) mass is 494 g/mol. The van der Waals surface area contributed by atoms with Gasteiger partial charge in [-0.3, -0.25) is 0 Å². The number of hydrogen-bond donors (Lipinski definition) is 1. The lowest BCUT2D eigenvalue weighted by atomic mass is 10.0. The topological polar surface area (TPSA) is 87.7 Å². The van der Waals surface area contributed by atoms with Crippen LogP contribution in [0.5, 0.6) is 0 Å². The zero-order valence-corrected chi connectivity index (χ0v) is 20.8. The molecule has 35 heavy (non-hydrogen) atoms. The van der Waals surface area contributed by atoms with Crippen LogP contribution >= 0.6 is 0 Å². The third-order valence-electron chi connectivity index (χ3n) is 7.17. The fourth-order valence-corrected chi connectivity index (χ4v) is 7.42. The predicted octanol–water partition coefficient (Wildman–Crippen LogP) is 3.82. The second-order valence-corrected chi connectivity index (χ2v) is 12.3. The SMILES string of the molecule is Cc1ccc2nc(N3CCS(=O)(=NC4CC4)c4ccccc4C3)nc(N3CC[C@@H](N)[C@H](F)C3)c2c1. The molecule has 1 unspecified atom stereocenters. The molecule has 0 radical (unpaired) electrons. The number of benzene rings is 2. The van der Waals surface area contributed by atoms with E-state index in [0.29, 0.717) is 37.8 Å². The number of anilines is 2. The first-order valence-electron chi connectivity index (χ1n) is 12.4. The maximum Gasteiger partial charge on any atom is 0.228 e. The number of halogens is 1. The van der Waals surface area contributed by atoms with Gasteiger partial charge in [0.25, 0.3) is 0 Å². The summed E-state index contributed by atoms with van der Waals surface area (Å²) in [5.74, 6) is 1.76. The average molecular weight is 495 g/mol. The summed E-state index contributed by atoms with van der Waals surface area (Å²) in [5.41, 5.74) is 8.87. The maximum absolute atomic E-state index is 14.6. The Labute approximate surface area is 205 Å². The van der Waals surface area contributed by atoms with Crippen molar-refractivity contribution in [2.24, 2.45) is 10.1 Å². The van der Waals surface area contributed by atoms with Gasteiger partial charge in [-0.1, -0.05) is 29.8 Å². The molecule has 2 N–H and O–H groups in total. The first-order chi connectivity index (χ1) is 16.9. The molecule has 0 spiro atoms. The van der Waals surface area contributed by atoms with Crippen molar-refractivity contribution < 1.29 is 8.60 Å². The fraction of sp³-hybridized carbons (Fsp3) is 0.462. The summed E-state index contributed by atoms with van der Waals surface area (Å²) in [4.78, 5) is 14.8. The number of nitrogens with zero attached hydrogens (tertiary/aromatic N) is 5. The molecule has 2 aromatic carbocycles. The molecule has 9 heteroatoms. The van der Waals surface area contributed by atoms with Crippen LogP contribution in [-0.2, 0) is 16.3 Å². The highest BCUT2D eigenvalue weighted by atomic mass is 32.2. The van der Waals surface area contributed by atoms with E-state index < -0.39 is 21.9 Å². The van der Waals surface area contributed by atoms with Crippen LogP contribution in [0.15, 0.2) is 51.7 Å². The predicted molar refractivity (Wildman–Crippen MR) is 138 cm³/mol. The van der Waals surface area contributed by atoms with Gasteiger partial charge in [-0.25, -0.2) is 17.9 Å². The van der Waals surface area contributed by atoms with E-state index in [0.717, 1.165) is 45.6 Å². The van der Waals surface area contributed by atoms with E-state index in [-0.39, 0.29) is 12.6 Å². The van der Waals surface area contributed by atoms with Crippen LogP contribution in [0.4, 0.5) is 16.2 Å². The van der Waals surface area contributed by atoms with Gasteiger partial charge in [0.15, 0.2) is 0 Å². The van der Waals surface area contributed by atoms with Crippen LogP contribution < -0.4 is 15.5 Å². The van der Waals surface area contributed by atoms with Crippen LogP contribution in [0.1, 0.15) is 30.4 Å².